The van der Waals surface area contributed by atoms with Gasteiger partial charge in [0.2, 0.25) is 5.56 Å². The van der Waals surface area contributed by atoms with Crippen LogP contribution in [0.4, 0.5) is 13.2 Å². The predicted octanol–water partition coefficient (Wildman–Crippen LogP) is 4.21. The Labute approximate surface area is 117 Å². The maximum Gasteiger partial charge on any atom is 0.416 e. The lowest BCUT2D eigenvalue weighted by molar-refractivity contribution is -0.137. The van der Waals surface area contributed by atoms with Gasteiger partial charge in [0.15, 0.2) is 0 Å². The zero-order chi connectivity index (χ0) is 15.0. The van der Waals surface area contributed by atoms with Gasteiger partial charge in [-0.05, 0) is 29.3 Å². The van der Waals surface area contributed by atoms with Gasteiger partial charge in [0.1, 0.15) is 0 Å². The zero-order valence-electron chi connectivity index (χ0n) is 10.7. The van der Waals surface area contributed by atoms with Gasteiger partial charge in [0, 0.05) is 17.0 Å². The molecule has 0 bridgehead atoms. The van der Waals surface area contributed by atoms with Crippen molar-refractivity contribution in [3.05, 3.63) is 70.5 Å². The molecule has 5 heteroatoms. The van der Waals surface area contributed by atoms with E-state index in [0.717, 1.165) is 17.5 Å². The Hall–Kier alpha value is -2.56. The number of halogens is 3. The molecule has 0 aliphatic heterocycles. The van der Waals surface area contributed by atoms with Gasteiger partial charge in [-0.2, -0.15) is 13.2 Å². The van der Waals surface area contributed by atoms with Gasteiger partial charge in [-0.3, -0.25) is 4.79 Å². The molecular weight excluding hydrogens is 279 g/mol. The minimum Gasteiger partial charge on any atom is -0.322 e. The average molecular weight is 289 g/mol. The fourth-order valence-electron chi connectivity index (χ4n) is 2.28. The molecule has 0 radical (unpaired) electrons. The number of hydrogen-bond donors (Lipinski definition) is 1. The molecule has 3 rings (SSSR count). The second-order valence-electron chi connectivity index (χ2n) is 4.67. The van der Waals surface area contributed by atoms with Crippen LogP contribution in [-0.4, -0.2) is 4.98 Å². The van der Waals surface area contributed by atoms with Gasteiger partial charge in [0.25, 0.3) is 0 Å². The maximum absolute atomic E-state index is 12.6. The first-order valence-electron chi connectivity index (χ1n) is 6.25. The van der Waals surface area contributed by atoms with Crippen LogP contribution in [-0.2, 0) is 6.18 Å². The van der Waals surface area contributed by atoms with E-state index in [2.05, 4.69) is 4.98 Å². The summed E-state index contributed by atoms with van der Waals surface area (Å²) in [7, 11) is 0. The highest BCUT2D eigenvalue weighted by Gasteiger charge is 2.30. The van der Waals surface area contributed by atoms with Gasteiger partial charge in [-0.1, -0.05) is 30.3 Å². The summed E-state index contributed by atoms with van der Waals surface area (Å²) in [5, 5.41) is 0.789. The van der Waals surface area contributed by atoms with Crippen LogP contribution in [0.15, 0.2) is 59.4 Å². The molecule has 0 saturated carbocycles. The number of rotatable bonds is 1. The Morgan fingerprint density at radius 2 is 1.57 bits per heavy atom. The van der Waals surface area contributed by atoms with E-state index in [9.17, 15) is 18.0 Å². The van der Waals surface area contributed by atoms with Gasteiger partial charge in [-0.15, -0.1) is 0 Å². The smallest absolute Gasteiger partial charge is 0.322 e. The first-order valence-corrected chi connectivity index (χ1v) is 6.25. The minimum atomic E-state index is -4.37. The summed E-state index contributed by atoms with van der Waals surface area (Å²) < 4.78 is 37.8. The van der Waals surface area contributed by atoms with Crippen LogP contribution in [0, 0.1) is 0 Å². The van der Waals surface area contributed by atoms with E-state index in [4.69, 9.17) is 0 Å². The number of aromatic amines is 1. The predicted molar refractivity (Wildman–Crippen MR) is 75.0 cm³/mol. The van der Waals surface area contributed by atoms with Crippen LogP contribution in [0.25, 0.3) is 22.0 Å². The molecule has 0 unspecified atom stereocenters. The van der Waals surface area contributed by atoms with Crippen molar-refractivity contribution in [3.8, 4) is 11.1 Å². The lowest BCUT2D eigenvalue weighted by Gasteiger charge is -2.09. The van der Waals surface area contributed by atoms with Gasteiger partial charge in [0.05, 0.1) is 5.56 Å². The van der Waals surface area contributed by atoms with Crippen LogP contribution in [0.2, 0.25) is 0 Å². The highest BCUT2D eigenvalue weighted by Crippen LogP contribution is 2.32. The van der Waals surface area contributed by atoms with E-state index < -0.39 is 11.7 Å². The number of H-pyrrole nitrogens is 1. The Balaban J connectivity index is 2.19. The molecule has 0 spiro atoms. The minimum absolute atomic E-state index is 0.288. The number of alkyl halides is 3. The van der Waals surface area contributed by atoms with Crippen molar-refractivity contribution < 1.29 is 13.2 Å². The summed E-state index contributed by atoms with van der Waals surface area (Å²) in [5.41, 5.74) is 0.845. The molecule has 1 heterocycles. The lowest BCUT2D eigenvalue weighted by Crippen LogP contribution is -2.06. The van der Waals surface area contributed by atoms with Crippen LogP contribution >= 0.6 is 0 Å². The van der Waals surface area contributed by atoms with Crippen molar-refractivity contribution >= 4 is 10.9 Å². The van der Waals surface area contributed by atoms with Crippen LogP contribution in [0.1, 0.15) is 5.56 Å². The van der Waals surface area contributed by atoms with E-state index in [0.29, 0.717) is 16.6 Å². The molecule has 1 aromatic heterocycles. The van der Waals surface area contributed by atoms with Crippen LogP contribution in [0.3, 0.4) is 0 Å². The van der Waals surface area contributed by atoms with Gasteiger partial charge in [-0.25, -0.2) is 0 Å². The Kier molecular flexibility index (Phi) is 3.05. The molecule has 21 heavy (non-hydrogen) atoms. The highest BCUT2D eigenvalue weighted by atomic mass is 19.4. The second-order valence-corrected chi connectivity index (χ2v) is 4.67. The van der Waals surface area contributed by atoms with Crippen molar-refractivity contribution in [2.24, 2.45) is 0 Å². The zero-order valence-corrected chi connectivity index (χ0v) is 10.7. The third kappa shape index (κ3) is 2.54. The molecule has 0 amide bonds. The van der Waals surface area contributed by atoms with E-state index in [-0.39, 0.29) is 5.56 Å². The average Bonchev–Trinajstić information content (AvgIpc) is 2.45. The fraction of sp³-hybridized carbons (Fsp3) is 0.0625. The molecule has 0 aliphatic rings. The molecule has 106 valence electrons. The number of aromatic nitrogens is 1. The molecule has 0 saturated heterocycles. The van der Waals surface area contributed by atoms with Crippen molar-refractivity contribution in [2.45, 2.75) is 6.18 Å². The summed E-state index contributed by atoms with van der Waals surface area (Å²) in [6.07, 6.45) is -4.37. The molecule has 3 aromatic rings. The van der Waals surface area contributed by atoms with E-state index in [1.165, 1.54) is 18.2 Å². The topological polar surface area (TPSA) is 32.9 Å². The SMILES string of the molecule is O=c1cc(-c2ccc(C(F)(F)F)cc2)c2ccccc2[nH]1. The van der Waals surface area contributed by atoms with Crippen LogP contribution in [0.5, 0.6) is 0 Å². The van der Waals surface area contributed by atoms with E-state index >= 15 is 0 Å². The molecule has 0 atom stereocenters. The summed E-state index contributed by atoms with van der Waals surface area (Å²) >= 11 is 0. The molecular formula is C16H10F3NO. The van der Waals surface area contributed by atoms with Crippen molar-refractivity contribution in [3.63, 3.8) is 0 Å². The summed E-state index contributed by atoms with van der Waals surface area (Å²) in [6, 6.07) is 13.4. The monoisotopic (exact) mass is 289 g/mol. The van der Waals surface area contributed by atoms with Crippen molar-refractivity contribution in [1.82, 2.24) is 4.98 Å². The number of benzene rings is 2. The normalized spacial score (nSPS) is 11.8. The number of para-hydroxylation sites is 1. The third-order valence-electron chi connectivity index (χ3n) is 3.27. The molecule has 2 aromatic carbocycles. The Morgan fingerprint density at radius 3 is 2.24 bits per heavy atom. The summed E-state index contributed by atoms with van der Waals surface area (Å²) in [6.45, 7) is 0. The van der Waals surface area contributed by atoms with Crippen molar-refractivity contribution in [1.29, 1.82) is 0 Å². The Morgan fingerprint density at radius 1 is 0.905 bits per heavy atom. The van der Waals surface area contributed by atoms with E-state index in [1.54, 1.807) is 12.1 Å². The Bertz CT molecular complexity index is 848. The number of fused-ring (bicyclic) bond motifs is 1. The van der Waals surface area contributed by atoms with Gasteiger partial charge >= 0.3 is 6.18 Å². The quantitative estimate of drug-likeness (QED) is 0.715. The molecule has 0 aliphatic carbocycles. The number of nitrogens with one attached hydrogen (secondary N) is 1. The highest BCUT2D eigenvalue weighted by molar-refractivity contribution is 5.94. The number of pyridine rings is 1. The molecule has 0 fully saturated rings. The first kappa shape index (κ1) is 13.4. The van der Waals surface area contributed by atoms with Crippen LogP contribution < -0.4 is 5.56 Å². The third-order valence-corrected chi connectivity index (χ3v) is 3.27. The molecule has 1 N–H and O–H groups in total. The summed E-state index contributed by atoms with van der Waals surface area (Å²) in [4.78, 5) is 14.4. The van der Waals surface area contributed by atoms with Crippen molar-refractivity contribution in [2.75, 3.05) is 0 Å². The van der Waals surface area contributed by atoms with Gasteiger partial charge < -0.3 is 4.98 Å². The second kappa shape index (κ2) is 4.77. The summed E-state index contributed by atoms with van der Waals surface area (Å²) in [5.74, 6) is 0. The lowest BCUT2D eigenvalue weighted by atomic mass is 10.00. The number of hydrogen-bond acceptors (Lipinski definition) is 1. The largest absolute Gasteiger partial charge is 0.416 e. The maximum atomic E-state index is 12.6. The fourth-order valence-corrected chi connectivity index (χ4v) is 2.28. The van der Waals surface area contributed by atoms with E-state index in [1.807, 2.05) is 12.1 Å². The molecule has 2 nitrogen and oxygen atoms in total. The standard InChI is InChI=1S/C16H10F3NO/c17-16(18,19)11-7-5-10(6-8-11)13-9-15(21)20-14-4-2-1-3-12(13)14/h1-9H,(H,20,21). The first-order chi connectivity index (χ1) is 9.95.